The molecule has 4 rings (SSSR count). The lowest BCUT2D eigenvalue weighted by Crippen LogP contribution is -2.52. The van der Waals surface area contributed by atoms with E-state index < -0.39 is 0 Å². The second-order valence-corrected chi connectivity index (χ2v) is 7.55. The molecule has 1 saturated heterocycles. The number of piperazine rings is 1. The van der Waals surface area contributed by atoms with Crippen LogP contribution in [-0.2, 0) is 6.54 Å². The first-order chi connectivity index (χ1) is 14.0. The molecule has 1 aromatic carbocycles. The van der Waals surface area contributed by atoms with Gasteiger partial charge in [0.2, 0.25) is 0 Å². The summed E-state index contributed by atoms with van der Waals surface area (Å²) in [5.41, 5.74) is 2.39. The molecule has 1 fully saturated rings. The Morgan fingerprint density at radius 2 is 1.86 bits per heavy atom. The fourth-order valence-electron chi connectivity index (χ4n) is 3.57. The molecular weight excluding hydrogens is 371 g/mol. The van der Waals surface area contributed by atoms with Crippen LogP contribution < -0.4 is 5.32 Å². The van der Waals surface area contributed by atoms with E-state index in [1.165, 1.54) is 12.1 Å². The van der Waals surface area contributed by atoms with Gasteiger partial charge in [-0.3, -0.25) is 9.47 Å². The molecule has 3 heterocycles. The van der Waals surface area contributed by atoms with Crippen LogP contribution in [0.15, 0.2) is 42.6 Å². The van der Waals surface area contributed by atoms with Crippen molar-refractivity contribution in [2.24, 2.45) is 0 Å². The molecule has 8 heteroatoms. The second-order valence-electron chi connectivity index (χ2n) is 7.55. The van der Waals surface area contributed by atoms with E-state index in [1.54, 1.807) is 18.3 Å². The highest BCUT2D eigenvalue weighted by Gasteiger charge is 2.23. The molecule has 152 valence electrons. The van der Waals surface area contributed by atoms with Crippen molar-refractivity contribution in [3.05, 3.63) is 54.2 Å². The summed E-state index contributed by atoms with van der Waals surface area (Å²) in [5.74, 6) is 0.578. The van der Waals surface area contributed by atoms with Gasteiger partial charge in [0.15, 0.2) is 5.65 Å². The molecule has 7 nitrogen and oxygen atoms in total. The first-order valence-corrected chi connectivity index (χ1v) is 9.87. The smallest absolute Gasteiger partial charge is 0.317 e. The number of nitrogens with zero attached hydrogens (tertiary/aromatic N) is 5. The number of nitrogens with one attached hydrogen (secondary N) is 1. The van der Waals surface area contributed by atoms with Gasteiger partial charge in [-0.15, -0.1) is 0 Å². The van der Waals surface area contributed by atoms with E-state index in [0.29, 0.717) is 19.6 Å². The number of fused-ring (bicyclic) bond motifs is 1. The number of pyridine rings is 1. The fraction of sp³-hybridized carbons (Fsp3) is 0.381. The van der Waals surface area contributed by atoms with E-state index in [4.69, 9.17) is 4.98 Å². The van der Waals surface area contributed by atoms with Crippen LogP contribution in [0.4, 0.5) is 9.18 Å². The van der Waals surface area contributed by atoms with E-state index in [1.807, 2.05) is 35.4 Å². The van der Waals surface area contributed by atoms with Gasteiger partial charge in [0.25, 0.3) is 0 Å². The van der Waals surface area contributed by atoms with Crippen LogP contribution in [0, 0.1) is 5.82 Å². The lowest BCUT2D eigenvalue weighted by atomic mass is 10.3. The third-order valence-corrected chi connectivity index (χ3v) is 5.01. The maximum absolute atomic E-state index is 13.4. The van der Waals surface area contributed by atoms with E-state index in [-0.39, 0.29) is 17.9 Å². The Bertz CT molecular complexity index is 992. The van der Waals surface area contributed by atoms with Crippen molar-refractivity contribution in [1.82, 2.24) is 29.7 Å². The summed E-state index contributed by atoms with van der Waals surface area (Å²) in [6, 6.07) is 10.3. The van der Waals surface area contributed by atoms with Gasteiger partial charge >= 0.3 is 6.03 Å². The quantitative estimate of drug-likeness (QED) is 0.737. The summed E-state index contributed by atoms with van der Waals surface area (Å²) in [6.07, 6.45) is 1.74. The van der Waals surface area contributed by atoms with E-state index >= 15 is 0 Å². The summed E-state index contributed by atoms with van der Waals surface area (Å²) in [7, 11) is 0. The van der Waals surface area contributed by atoms with Gasteiger partial charge in [0.05, 0.1) is 6.54 Å². The Hall–Kier alpha value is -3.00. The predicted octanol–water partition coefficient (Wildman–Crippen LogP) is 2.80. The molecule has 2 amide bonds. The van der Waals surface area contributed by atoms with Gasteiger partial charge in [-0.25, -0.2) is 19.2 Å². The van der Waals surface area contributed by atoms with Gasteiger partial charge < -0.3 is 10.2 Å². The highest BCUT2D eigenvalue weighted by Crippen LogP contribution is 2.21. The van der Waals surface area contributed by atoms with Crippen LogP contribution in [-0.4, -0.2) is 62.6 Å². The third kappa shape index (κ3) is 4.22. The minimum atomic E-state index is -0.275. The summed E-state index contributed by atoms with van der Waals surface area (Å²) >= 11 is 0. The first-order valence-electron chi connectivity index (χ1n) is 9.87. The number of hydrogen-bond donors (Lipinski definition) is 1. The molecule has 0 saturated carbocycles. The summed E-state index contributed by atoms with van der Waals surface area (Å²) in [6.45, 7) is 7.44. The van der Waals surface area contributed by atoms with E-state index in [2.05, 4.69) is 15.2 Å². The van der Waals surface area contributed by atoms with Crippen molar-refractivity contribution in [3.63, 3.8) is 0 Å². The van der Waals surface area contributed by atoms with Gasteiger partial charge in [0.1, 0.15) is 17.2 Å². The van der Waals surface area contributed by atoms with Crippen LogP contribution >= 0.6 is 0 Å². The monoisotopic (exact) mass is 396 g/mol. The number of urea groups is 1. The number of amides is 2. The van der Waals surface area contributed by atoms with Crippen LogP contribution in [0.5, 0.6) is 0 Å². The highest BCUT2D eigenvalue weighted by atomic mass is 19.1. The average Bonchev–Trinajstić information content (AvgIpc) is 3.06. The number of carbonyl (C=O) groups excluding carboxylic acids is 1. The van der Waals surface area contributed by atoms with Crippen LogP contribution in [0.3, 0.4) is 0 Å². The normalized spacial score (nSPS) is 15.2. The molecule has 1 aliphatic heterocycles. The summed E-state index contributed by atoms with van der Waals surface area (Å²) in [5, 5.41) is 2.94. The molecular formula is C21H25FN6O. The van der Waals surface area contributed by atoms with E-state index in [9.17, 15) is 9.18 Å². The van der Waals surface area contributed by atoms with Crippen molar-refractivity contribution in [2.45, 2.75) is 26.4 Å². The predicted molar refractivity (Wildman–Crippen MR) is 109 cm³/mol. The molecule has 29 heavy (non-hydrogen) atoms. The largest absolute Gasteiger partial charge is 0.336 e. The Labute approximate surface area is 169 Å². The Balaban J connectivity index is 1.54. The Morgan fingerprint density at radius 1 is 1.14 bits per heavy atom. The molecule has 0 atom stereocenters. The second kappa shape index (κ2) is 8.16. The zero-order valence-corrected chi connectivity index (χ0v) is 16.7. The highest BCUT2D eigenvalue weighted by molar-refractivity contribution is 5.75. The van der Waals surface area contributed by atoms with Gasteiger partial charge in [-0.1, -0.05) is 0 Å². The Kier molecular flexibility index (Phi) is 5.44. The molecule has 2 aromatic heterocycles. The number of hydrogen-bond acceptors (Lipinski definition) is 4. The average molecular weight is 396 g/mol. The maximum atomic E-state index is 13.4. The summed E-state index contributed by atoms with van der Waals surface area (Å²) < 4.78 is 15.4. The molecule has 3 aromatic rings. The lowest BCUT2D eigenvalue weighted by Gasteiger charge is -2.34. The molecule has 0 radical (unpaired) electrons. The number of imidazole rings is 1. The summed E-state index contributed by atoms with van der Waals surface area (Å²) in [4.78, 5) is 25.6. The maximum Gasteiger partial charge on any atom is 0.317 e. The topological polar surface area (TPSA) is 66.3 Å². The van der Waals surface area contributed by atoms with Crippen molar-refractivity contribution < 1.29 is 9.18 Å². The van der Waals surface area contributed by atoms with Crippen molar-refractivity contribution in [3.8, 4) is 5.69 Å². The zero-order chi connectivity index (χ0) is 20.4. The van der Waals surface area contributed by atoms with E-state index in [0.717, 1.165) is 35.8 Å². The van der Waals surface area contributed by atoms with Crippen LogP contribution in [0.2, 0.25) is 0 Å². The number of halogens is 1. The lowest BCUT2D eigenvalue weighted by molar-refractivity contribution is 0.132. The molecule has 1 aliphatic rings. The number of carbonyl (C=O) groups is 1. The fourth-order valence-corrected chi connectivity index (χ4v) is 3.57. The first kappa shape index (κ1) is 19.3. The van der Waals surface area contributed by atoms with Crippen molar-refractivity contribution in [1.29, 1.82) is 0 Å². The standard InChI is InChI=1S/C21H25FN6O/c1-15(2)24-21(29)27-12-10-26(11-13-27)14-19-25-18-4-3-9-23-20(18)28(19)17-7-5-16(22)6-8-17/h3-9,15H,10-14H2,1-2H3,(H,24,29). The number of aromatic nitrogens is 3. The SMILES string of the molecule is CC(C)NC(=O)N1CCN(Cc2nc3cccnc3n2-c2ccc(F)cc2)CC1. The molecule has 1 N–H and O–H groups in total. The molecule has 0 aliphatic carbocycles. The van der Waals surface area contributed by atoms with Gasteiger partial charge in [-0.05, 0) is 50.2 Å². The number of benzene rings is 1. The zero-order valence-electron chi connectivity index (χ0n) is 16.7. The van der Waals surface area contributed by atoms with Gasteiger partial charge in [0, 0.05) is 44.1 Å². The van der Waals surface area contributed by atoms with Gasteiger partial charge in [-0.2, -0.15) is 0 Å². The minimum Gasteiger partial charge on any atom is -0.336 e. The minimum absolute atomic E-state index is 0.0117. The molecule has 0 spiro atoms. The van der Waals surface area contributed by atoms with Crippen molar-refractivity contribution >= 4 is 17.2 Å². The molecule has 0 unspecified atom stereocenters. The van der Waals surface area contributed by atoms with Crippen LogP contribution in [0.25, 0.3) is 16.9 Å². The number of rotatable bonds is 4. The Morgan fingerprint density at radius 3 is 2.55 bits per heavy atom. The third-order valence-electron chi connectivity index (χ3n) is 5.01. The van der Waals surface area contributed by atoms with Crippen LogP contribution in [0.1, 0.15) is 19.7 Å². The molecule has 0 bridgehead atoms. The van der Waals surface area contributed by atoms with Crippen molar-refractivity contribution in [2.75, 3.05) is 26.2 Å².